The van der Waals surface area contributed by atoms with E-state index in [0.29, 0.717) is 12.6 Å². The molecule has 0 aliphatic carbocycles. The Morgan fingerprint density at radius 3 is 2.33 bits per heavy atom. The zero-order valence-corrected chi connectivity index (χ0v) is 17.7. The number of unbranched alkanes of at least 4 members (excludes halogenated alkanes) is 1. The van der Waals surface area contributed by atoms with Gasteiger partial charge >= 0.3 is 0 Å². The molecule has 0 bridgehead atoms. The molecule has 1 atom stereocenters. The molecule has 1 heterocycles. The van der Waals surface area contributed by atoms with E-state index in [-0.39, 0.29) is 24.8 Å². The van der Waals surface area contributed by atoms with Crippen LogP contribution in [0.4, 0.5) is 0 Å². The Morgan fingerprint density at radius 2 is 1.63 bits per heavy atom. The van der Waals surface area contributed by atoms with Crippen molar-refractivity contribution in [1.29, 1.82) is 0 Å². The molecule has 0 saturated carbocycles. The molecule has 2 aromatic rings. The van der Waals surface area contributed by atoms with Gasteiger partial charge in [0.2, 0.25) is 0 Å². The van der Waals surface area contributed by atoms with Crippen LogP contribution in [0.25, 0.3) is 0 Å². The minimum absolute atomic E-state index is 0. The van der Waals surface area contributed by atoms with Crippen molar-refractivity contribution in [2.75, 3.05) is 26.2 Å². The average molecular weight is 411 g/mol. The van der Waals surface area contributed by atoms with Gasteiger partial charge in [0.25, 0.3) is 0 Å². The van der Waals surface area contributed by atoms with E-state index < -0.39 is 0 Å². The van der Waals surface area contributed by atoms with Crippen molar-refractivity contribution in [2.24, 2.45) is 0 Å². The van der Waals surface area contributed by atoms with E-state index in [1.54, 1.807) is 0 Å². The SMILES string of the molecule is CCCC[C@@H](c1ccccc1OCc1ccccc1)N1CCNCC1.Cl.Cl. The summed E-state index contributed by atoms with van der Waals surface area (Å²) in [6.45, 7) is 7.28. The number of nitrogens with zero attached hydrogens (tertiary/aromatic N) is 1. The molecule has 1 fully saturated rings. The first-order chi connectivity index (χ1) is 12.4. The van der Waals surface area contributed by atoms with Crippen LogP contribution in [-0.4, -0.2) is 31.1 Å². The largest absolute Gasteiger partial charge is 0.489 e. The Morgan fingerprint density at radius 1 is 0.963 bits per heavy atom. The number of benzene rings is 2. The van der Waals surface area contributed by atoms with E-state index in [9.17, 15) is 0 Å². The van der Waals surface area contributed by atoms with E-state index in [4.69, 9.17) is 4.74 Å². The first-order valence-corrected chi connectivity index (χ1v) is 9.59. The lowest BCUT2D eigenvalue weighted by molar-refractivity contribution is 0.158. The van der Waals surface area contributed by atoms with Gasteiger partial charge in [-0.25, -0.2) is 0 Å². The smallest absolute Gasteiger partial charge is 0.124 e. The monoisotopic (exact) mass is 410 g/mol. The molecule has 150 valence electrons. The fourth-order valence-corrected chi connectivity index (χ4v) is 3.55. The molecule has 0 amide bonds. The van der Waals surface area contributed by atoms with Crippen molar-refractivity contribution in [3.05, 3.63) is 65.7 Å². The average Bonchev–Trinajstić information content (AvgIpc) is 2.69. The van der Waals surface area contributed by atoms with Crippen LogP contribution < -0.4 is 10.1 Å². The topological polar surface area (TPSA) is 24.5 Å². The number of hydrogen-bond donors (Lipinski definition) is 1. The summed E-state index contributed by atoms with van der Waals surface area (Å²) >= 11 is 0. The van der Waals surface area contributed by atoms with Crippen molar-refractivity contribution < 1.29 is 4.74 Å². The number of para-hydroxylation sites is 1. The molecule has 2 aromatic carbocycles. The maximum atomic E-state index is 6.23. The van der Waals surface area contributed by atoms with Gasteiger partial charge in [-0.05, 0) is 18.1 Å². The van der Waals surface area contributed by atoms with Crippen LogP contribution in [0.5, 0.6) is 5.75 Å². The van der Waals surface area contributed by atoms with E-state index in [2.05, 4.69) is 65.7 Å². The van der Waals surface area contributed by atoms with Gasteiger partial charge in [0.1, 0.15) is 12.4 Å². The fourth-order valence-electron chi connectivity index (χ4n) is 3.55. The van der Waals surface area contributed by atoms with Gasteiger partial charge < -0.3 is 10.1 Å². The first-order valence-electron chi connectivity index (χ1n) is 9.59. The molecule has 1 aliphatic rings. The number of halogens is 2. The maximum absolute atomic E-state index is 6.23. The van der Waals surface area contributed by atoms with Gasteiger partial charge in [-0.15, -0.1) is 24.8 Å². The molecule has 3 rings (SSSR count). The van der Waals surface area contributed by atoms with Gasteiger partial charge in [-0.1, -0.05) is 68.3 Å². The summed E-state index contributed by atoms with van der Waals surface area (Å²) in [4.78, 5) is 2.62. The molecular weight excluding hydrogens is 379 g/mol. The third-order valence-corrected chi connectivity index (χ3v) is 4.94. The third kappa shape index (κ3) is 7.00. The number of piperazine rings is 1. The molecule has 1 aliphatic heterocycles. The Bertz CT molecular complexity index is 633. The number of hydrogen-bond acceptors (Lipinski definition) is 3. The molecule has 3 nitrogen and oxygen atoms in total. The zero-order valence-electron chi connectivity index (χ0n) is 16.1. The molecule has 27 heavy (non-hydrogen) atoms. The first kappa shape index (κ1) is 23.8. The van der Waals surface area contributed by atoms with Gasteiger partial charge in [0.05, 0.1) is 0 Å². The number of ether oxygens (including phenoxy) is 1. The van der Waals surface area contributed by atoms with E-state index >= 15 is 0 Å². The lowest BCUT2D eigenvalue weighted by Gasteiger charge is -2.36. The van der Waals surface area contributed by atoms with Gasteiger partial charge in [0.15, 0.2) is 0 Å². The molecule has 0 spiro atoms. The summed E-state index contributed by atoms with van der Waals surface area (Å²) in [6, 6.07) is 19.5. The lowest BCUT2D eigenvalue weighted by atomic mass is 9.97. The number of rotatable bonds is 8. The molecule has 5 heteroatoms. The van der Waals surface area contributed by atoms with Crippen LogP contribution in [0.3, 0.4) is 0 Å². The van der Waals surface area contributed by atoms with Crippen LogP contribution >= 0.6 is 24.8 Å². The van der Waals surface area contributed by atoms with E-state index in [0.717, 1.165) is 31.9 Å². The minimum atomic E-state index is 0. The summed E-state index contributed by atoms with van der Waals surface area (Å²) in [6.07, 6.45) is 3.68. The predicted molar refractivity (Wildman–Crippen MR) is 118 cm³/mol. The van der Waals surface area contributed by atoms with Crippen LogP contribution in [0.2, 0.25) is 0 Å². The summed E-state index contributed by atoms with van der Waals surface area (Å²) in [5, 5.41) is 3.47. The number of nitrogens with one attached hydrogen (secondary N) is 1. The second-order valence-electron chi connectivity index (χ2n) is 6.76. The normalized spacial score (nSPS) is 15.3. The van der Waals surface area contributed by atoms with Crippen molar-refractivity contribution in [2.45, 2.75) is 38.8 Å². The Labute approximate surface area is 176 Å². The second kappa shape index (κ2) is 13.0. The molecular formula is C22H32Cl2N2O. The highest BCUT2D eigenvalue weighted by molar-refractivity contribution is 5.85. The maximum Gasteiger partial charge on any atom is 0.124 e. The van der Waals surface area contributed by atoms with Crippen molar-refractivity contribution in [3.8, 4) is 5.75 Å². The fraction of sp³-hybridized carbons (Fsp3) is 0.455. The summed E-state index contributed by atoms with van der Waals surface area (Å²) < 4.78 is 6.23. The van der Waals surface area contributed by atoms with Crippen LogP contribution in [0.15, 0.2) is 54.6 Å². The summed E-state index contributed by atoms with van der Waals surface area (Å²) in [5.41, 5.74) is 2.55. The highest BCUT2D eigenvalue weighted by Gasteiger charge is 2.24. The minimum Gasteiger partial charge on any atom is -0.489 e. The highest BCUT2D eigenvalue weighted by atomic mass is 35.5. The van der Waals surface area contributed by atoms with Crippen molar-refractivity contribution >= 4 is 24.8 Å². The highest BCUT2D eigenvalue weighted by Crippen LogP contribution is 2.33. The van der Waals surface area contributed by atoms with E-state index in [1.807, 2.05) is 6.07 Å². The molecule has 1 saturated heterocycles. The van der Waals surface area contributed by atoms with Gasteiger partial charge in [0, 0.05) is 37.8 Å². The van der Waals surface area contributed by atoms with E-state index in [1.165, 1.54) is 30.4 Å². The van der Waals surface area contributed by atoms with Crippen LogP contribution in [-0.2, 0) is 6.61 Å². The quantitative estimate of drug-likeness (QED) is 0.643. The van der Waals surface area contributed by atoms with Gasteiger partial charge in [-0.3, -0.25) is 4.90 Å². The lowest BCUT2D eigenvalue weighted by Crippen LogP contribution is -2.45. The Balaban J connectivity index is 0.00000182. The summed E-state index contributed by atoms with van der Waals surface area (Å²) in [5.74, 6) is 1.03. The summed E-state index contributed by atoms with van der Waals surface area (Å²) in [7, 11) is 0. The Kier molecular flexibility index (Phi) is 11.5. The zero-order chi connectivity index (χ0) is 17.3. The standard InChI is InChI=1S/C22H30N2O.2ClH/c1-2-3-12-21(24-16-14-23-15-17-24)20-11-7-8-13-22(20)25-18-19-9-5-4-6-10-19;;/h4-11,13,21,23H,2-3,12,14-18H2,1H3;2*1H/t21-;;/m0../s1. The third-order valence-electron chi connectivity index (χ3n) is 4.94. The molecule has 0 radical (unpaired) electrons. The Hall–Kier alpha value is -1.26. The molecule has 0 unspecified atom stereocenters. The van der Waals surface area contributed by atoms with Crippen LogP contribution in [0, 0.1) is 0 Å². The van der Waals surface area contributed by atoms with Crippen molar-refractivity contribution in [1.82, 2.24) is 10.2 Å². The predicted octanol–water partition coefficient (Wildman–Crippen LogP) is 5.25. The van der Waals surface area contributed by atoms with Crippen LogP contribution in [0.1, 0.15) is 43.4 Å². The molecule has 1 N–H and O–H groups in total. The van der Waals surface area contributed by atoms with Gasteiger partial charge in [-0.2, -0.15) is 0 Å². The second-order valence-corrected chi connectivity index (χ2v) is 6.76. The van der Waals surface area contributed by atoms with Crippen molar-refractivity contribution in [3.63, 3.8) is 0 Å². The molecule has 0 aromatic heterocycles.